The van der Waals surface area contributed by atoms with E-state index in [0.29, 0.717) is 24.7 Å². The first kappa shape index (κ1) is 10.8. The highest BCUT2D eigenvalue weighted by Gasteiger charge is 2.12. The number of carbonyl (C=O) groups is 1. The van der Waals surface area contributed by atoms with Crippen molar-refractivity contribution >= 4 is 5.97 Å². The molecule has 0 aliphatic carbocycles. The molecule has 0 aromatic heterocycles. The Kier molecular flexibility index (Phi) is 4.23. The molecule has 78 valence electrons. The van der Waals surface area contributed by atoms with Gasteiger partial charge in [-0.15, -0.1) is 0 Å². The zero-order valence-electron chi connectivity index (χ0n) is 8.66. The summed E-state index contributed by atoms with van der Waals surface area (Å²) in [6, 6.07) is 0. The van der Waals surface area contributed by atoms with E-state index in [4.69, 9.17) is 9.47 Å². The van der Waals surface area contributed by atoms with Crippen LogP contribution in [0.15, 0.2) is 24.0 Å². The van der Waals surface area contributed by atoms with Crippen molar-refractivity contribution in [1.82, 2.24) is 0 Å². The minimum atomic E-state index is -0.269. The van der Waals surface area contributed by atoms with Crippen LogP contribution in [0.1, 0.15) is 20.3 Å². The van der Waals surface area contributed by atoms with Crippen molar-refractivity contribution < 1.29 is 14.3 Å². The van der Waals surface area contributed by atoms with Crippen LogP contribution in [0.3, 0.4) is 0 Å². The fourth-order valence-electron chi connectivity index (χ4n) is 1.00. The van der Waals surface area contributed by atoms with E-state index >= 15 is 0 Å². The van der Waals surface area contributed by atoms with E-state index < -0.39 is 0 Å². The molecule has 1 aliphatic rings. The minimum Gasteiger partial charge on any atom is -0.496 e. The van der Waals surface area contributed by atoms with Crippen LogP contribution in [-0.2, 0) is 14.3 Å². The zero-order valence-corrected chi connectivity index (χ0v) is 8.66. The van der Waals surface area contributed by atoms with E-state index in [1.165, 1.54) is 0 Å². The normalized spacial score (nSPS) is 14.9. The van der Waals surface area contributed by atoms with Crippen LogP contribution in [0.5, 0.6) is 0 Å². The number of hydrogen-bond acceptors (Lipinski definition) is 3. The van der Waals surface area contributed by atoms with Gasteiger partial charge in [-0.2, -0.15) is 0 Å². The molecule has 1 rings (SSSR count). The van der Waals surface area contributed by atoms with Crippen molar-refractivity contribution in [3.63, 3.8) is 0 Å². The number of rotatable bonds is 4. The molecule has 0 saturated heterocycles. The monoisotopic (exact) mass is 196 g/mol. The maximum Gasteiger partial charge on any atom is 0.337 e. The minimum absolute atomic E-state index is 0.269. The summed E-state index contributed by atoms with van der Waals surface area (Å²) in [5.41, 5.74) is 0.580. The van der Waals surface area contributed by atoms with E-state index in [9.17, 15) is 4.79 Å². The quantitative estimate of drug-likeness (QED) is 0.645. The van der Waals surface area contributed by atoms with Crippen LogP contribution < -0.4 is 0 Å². The van der Waals surface area contributed by atoms with Crippen LogP contribution >= 0.6 is 0 Å². The summed E-state index contributed by atoms with van der Waals surface area (Å²) < 4.78 is 10.1. The Balaban J connectivity index is 2.27. The number of allylic oxidation sites excluding steroid dienone is 2. The third-order valence-corrected chi connectivity index (χ3v) is 1.90. The third-order valence-electron chi connectivity index (χ3n) is 1.90. The average molecular weight is 196 g/mol. The maximum absolute atomic E-state index is 11.4. The Morgan fingerprint density at radius 2 is 2.43 bits per heavy atom. The summed E-state index contributed by atoms with van der Waals surface area (Å²) in [5.74, 6) is 0.286. The Hall–Kier alpha value is -1.25. The molecule has 0 radical (unpaired) electrons. The Bertz CT molecular complexity index is 251. The standard InChI is InChI=1S/C11H16O3/c1-9(2)5-7-14-11(12)10-4-3-6-13-8-10/h3-4,6,9H,5,7-8H2,1-2H3. The Morgan fingerprint density at radius 3 is 3.00 bits per heavy atom. The third kappa shape index (κ3) is 3.64. The first-order valence-corrected chi connectivity index (χ1v) is 4.84. The summed E-state index contributed by atoms with van der Waals surface area (Å²) >= 11 is 0. The lowest BCUT2D eigenvalue weighted by atomic mass is 10.1. The predicted octanol–water partition coefficient (Wildman–Crippen LogP) is 2.05. The van der Waals surface area contributed by atoms with Crippen LogP contribution in [-0.4, -0.2) is 19.2 Å². The smallest absolute Gasteiger partial charge is 0.337 e. The van der Waals surface area contributed by atoms with Crippen LogP contribution in [0.4, 0.5) is 0 Å². The Morgan fingerprint density at radius 1 is 1.64 bits per heavy atom. The van der Waals surface area contributed by atoms with Crippen molar-refractivity contribution in [1.29, 1.82) is 0 Å². The molecule has 0 fully saturated rings. The van der Waals surface area contributed by atoms with E-state index in [0.717, 1.165) is 6.42 Å². The van der Waals surface area contributed by atoms with Crippen LogP contribution in [0, 0.1) is 5.92 Å². The van der Waals surface area contributed by atoms with Gasteiger partial charge in [-0.3, -0.25) is 0 Å². The second-order valence-electron chi connectivity index (χ2n) is 3.65. The number of carbonyl (C=O) groups excluding carboxylic acids is 1. The molecule has 0 bridgehead atoms. The average Bonchev–Trinajstić information content (AvgIpc) is 2.18. The molecular formula is C11H16O3. The second-order valence-corrected chi connectivity index (χ2v) is 3.65. The molecule has 3 nitrogen and oxygen atoms in total. The first-order valence-electron chi connectivity index (χ1n) is 4.84. The topological polar surface area (TPSA) is 35.5 Å². The van der Waals surface area contributed by atoms with E-state index in [2.05, 4.69) is 13.8 Å². The van der Waals surface area contributed by atoms with Gasteiger partial charge < -0.3 is 9.47 Å². The SMILES string of the molecule is CC(C)CCOC(=O)C1=CC=COC1. The molecule has 0 atom stereocenters. The summed E-state index contributed by atoms with van der Waals surface area (Å²) in [6.07, 6.45) is 5.88. The van der Waals surface area contributed by atoms with Gasteiger partial charge >= 0.3 is 5.97 Å². The van der Waals surface area contributed by atoms with Crippen molar-refractivity contribution in [2.45, 2.75) is 20.3 Å². The molecule has 0 N–H and O–H groups in total. The highest BCUT2D eigenvalue weighted by atomic mass is 16.5. The van der Waals surface area contributed by atoms with E-state index in [-0.39, 0.29) is 5.97 Å². The van der Waals surface area contributed by atoms with Gasteiger partial charge in [-0.1, -0.05) is 13.8 Å². The molecule has 0 saturated carbocycles. The second kappa shape index (κ2) is 5.47. The van der Waals surface area contributed by atoms with Gasteiger partial charge in [0.1, 0.15) is 6.61 Å². The highest BCUT2D eigenvalue weighted by Crippen LogP contribution is 2.06. The van der Waals surface area contributed by atoms with Gasteiger partial charge in [0.25, 0.3) is 0 Å². The zero-order chi connectivity index (χ0) is 10.4. The molecule has 0 unspecified atom stereocenters. The fourth-order valence-corrected chi connectivity index (χ4v) is 1.00. The molecule has 3 heteroatoms. The molecule has 0 aromatic rings. The summed E-state index contributed by atoms with van der Waals surface area (Å²) in [6.45, 7) is 4.99. The summed E-state index contributed by atoms with van der Waals surface area (Å²) in [4.78, 5) is 11.4. The lowest BCUT2D eigenvalue weighted by Gasteiger charge is -2.10. The molecule has 1 aliphatic heterocycles. The van der Waals surface area contributed by atoms with Crippen molar-refractivity contribution in [3.8, 4) is 0 Å². The van der Waals surface area contributed by atoms with Gasteiger partial charge in [-0.05, 0) is 24.5 Å². The molecule has 0 spiro atoms. The molecule has 14 heavy (non-hydrogen) atoms. The lowest BCUT2D eigenvalue weighted by Crippen LogP contribution is -2.14. The highest BCUT2D eigenvalue weighted by molar-refractivity contribution is 5.89. The van der Waals surface area contributed by atoms with Crippen LogP contribution in [0.25, 0.3) is 0 Å². The van der Waals surface area contributed by atoms with E-state index in [1.54, 1.807) is 18.4 Å². The Labute approximate surface area is 84.4 Å². The van der Waals surface area contributed by atoms with Gasteiger partial charge in [0.05, 0.1) is 18.4 Å². The maximum atomic E-state index is 11.4. The molecular weight excluding hydrogens is 180 g/mol. The number of ether oxygens (including phenoxy) is 2. The number of esters is 1. The fraction of sp³-hybridized carbons (Fsp3) is 0.545. The molecule has 1 heterocycles. The molecule has 0 aromatic carbocycles. The molecule has 0 amide bonds. The van der Waals surface area contributed by atoms with Crippen molar-refractivity contribution in [2.24, 2.45) is 5.92 Å². The summed E-state index contributed by atoms with van der Waals surface area (Å²) in [5, 5.41) is 0. The van der Waals surface area contributed by atoms with Crippen molar-refractivity contribution in [2.75, 3.05) is 13.2 Å². The first-order chi connectivity index (χ1) is 6.70. The van der Waals surface area contributed by atoms with Crippen molar-refractivity contribution in [3.05, 3.63) is 24.0 Å². The van der Waals surface area contributed by atoms with E-state index in [1.807, 2.05) is 0 Å². The largest absolute Gasteiger partial charge is 0.496 e. The summed E-state index contributed by atoms with van der Waals surface area (Å²) in [7, 11) is 0. The number of hydrogen-bond donors (Lipinski definition) is 0. The lowest BCUT2D eigenvalue weighted by molar-refractivity contribution is -0.139. The van der Waals surface area contributed by atoms with Crippen LogP contribution in [0.2, 0.25) is 0 Å². The van der Waals surface area contributed by atoms with Gasteiger partial charge in [0.2, 0.25) is 0 Å². The predicted molar refractivity (Wildman–Crippen MR) is 53.6 cm³/mol. The van der Waals surface area contributed by atoms with Gasteiger partial charge in [-0.25, -0.2) is 4.79 Å². The van der Waals surface area contributed by atoms with Gasteiger partial charge in [0, 0.05) is 0 Å². The van der Waals surface area contributed by atoms with Gasteiger partial charge in [0.15, 0.2) is 0 Å².